The van der Waals surface area contributed by atoms with Crippen molar-refractivity contribution < 1.29 is 19.1 Å². The monoisotopic (exact) mass is 314 g/mol. The number of unbranched alkanes of at least 4 members (excludes halogenated alkanes) is 1. The number of esters is 2. The van der Waals surface area contributed by atoms with Crippen molar-refractivity contribution in [2.24, 2.45) is 11.3 Å². The number of alkyl halides is 1. The number of hydrogen-bond donors (Lipinski definition) is 0. The van der Waals surface area contributed by atoms with E-state index in [9.17, 15) is 9.59 Å². The number of rotatable bonds is 4. The van der Waals surface area contributed by atoms with Crippen LogP contribution in [0.5, 0.6) is 0 Å². The molecule has 4 atom stereocenters. The second kappa shape index (κ2) is 5.99. The first kappa shape index (κ1) is 16.3. The van der Waals surface area contributed by atoms with Gasteiger partial charge in [-0.3, -0.25) is 4.79 Å². The molecule has 21 heavy (non-hydrogen) atoms. The fourth-order valence-electron chi connectivity index (χ4n) is 3.50. The van der Waals surface area contributed by atoms with Crippen molar-refractivity contribution >= 4 is 23.5 Å². The maximum atomic E-state index is 12.0. The van der Waals surface area contributed by atoms with Crippen LogP contribution in [-0.2, 0) is 19.1 Å². The predicted octanol–water partition coefficient (Wildman–Crippen LogP) is 3.23. The lowest BCUT2D eigenvalue weighted by Crippen LogP contribution is -2.48. The molecule has 1 aliphatic heterocycles. The Morgan fingerprint density at radius 2 is 2.19 bits per heavy atom. The molecule has 0 bridgehead atoms. The van der Waals surface area contributed by atoms with E-state index in [-0.39, 0.29) is 23.3 Å². The maximum Gasteiger partial charge on any atom is 0.336 e. The third-order valence-corrected chi connectivity index (χ3v) is 5.46. The molecule has 0 aromatic rings. The van der Waals surface area contributed by atoms with Crippen LogP contribution in [-0.4, -0.2) is 30.0 Å². The molecule has 4 nitrogen and oxygen atoms in total. The number of ether oxygens (including phenoxy) is 2. The minimum absolute atomic E-state index is 0.0451. The number of halogens is 1. The summed E-state index contributed by atoms with van der Waals surface area (Å²) >= 11 is 6.44. The standard InChI is InChI=1S/C16H23ClO4/c1-5-6-7-16(4)9(2)14(21-10(3)18)13(17)12-11(16)8-20-15(12)19/h9,13-14H,5-8H2,1-4H3/t9?,13-,14-,16-/m0/s1. The van der Waals surface area contributed by atoms with Crippen LogP contribution in [0.25, 0.3) is 0 Å². The molecule has 5 heteroatoms. The largest absolute Gasteiger partial charge is 0.460 e. The topological polar surface area (TPSA) is 52.6 Å². The van der Waals surface area contributed by atoms with Gasteiger partial charge in [0.2, 0.25) is 0 Å². The first-order valence-corrected chi connectivity index (χ1v) is 7.98. The molecular formula is C16H23ClO4. The number of carbonyl (C=O) groups is 2. The van der Waals surface area contributed by atoms with Gasteiger partial charge in [0.05, 0.1) is 5.57 Å². The number of hydrogen-bond acceptors (Lipinski definition) is 4. The number of carbonyl (C=O) groups excluding carboxylic acids is 2. The average molecular weight is 315 g/mol. The zero-order valence-corrected chi connectivity index (χ0v) is 13.8. The molecule has 0 N–H and O–H groups in total. The molecule has 1 heterocycles. The quantitative estimate of drug-likeness (QED) is 0.590. The van der Waals surface area contributed by atoms with Gasteiger partial charge >= 0.3 is 11.9 Å². The van der Waals surface area contributed by atoms with Crippen molar-refractivity contribution in [3.8, 4) is 0 Å². The highest BCUT2D eigenvalue weighted by Gasteiger charge is 2.53. The summed E-state index contributed by atoms with van der Waals surface area (Å²) in [6.45, 7) is 8.00. The first-order chi connectivity index (χ1) is 9.82. The molecule has 0 saturated carbocycles. The molecule has 0 radical (unpaired) electrons. The highest BCUT2D eigenvalue weighted by atomic mass is 35.5. The van der Waals surface area contributed by atoms with Gasteiger partial charge in [-0.1, -0.05) is 33.6 Å². The fourth-order valence-corrected chi connectivity index (χ4v) is 3.99. The highest BCUT2D eigenvalue weighted by Crippen LogP contribution is 2.52. The molecule has 118 valence electrons. The molecule has 0 aromatic heterocycles. The second-order valence-electron chi connectivity index (χ2n) is 6.25. The van der Waals surface area contributed by atoms with Gasteiger partial charge < -0.3 is 9.47 Å². The van der Waals surface area contributed by atoms with Crippen LogP contribution in [0.2, 0.25) is 0 Å². The van der Waals surface area contributed by atoms with Crippen LogP contribution >= 0.6 is 11.6 Å². The van der Waals surface area contributed by atoms with Gasteiger partial charge in [0.1, 0.15) is 18.1 Å². The van der Waals surface area contributed by atoms with Crippen molar-refractivity contribution in [3.63, 3.8) is 0 Å². The Bertz CT molecular complexity index is 485. The van der Waals surface area contributed by atoms with Crippen molar-refractivity contribution in [2.45, 2.75) is 58.4 Å². The summed E-state index contributed by atoms with van der Waals surface area (Å²) in [7, 11) is 0. The molecule has 0 spiro atoms. The van der Waals surface area contributed by atoms with Crippen LogP contribution in [0, 0.1) is 11.3 Å². The molecule has 1 unspecified atom stereocenters. The predicted molar refractivity (Wildman–Crippen MR) is 80.0 cm³/mol. The summed E-state index contributed by atoms with van der Waals surface area (Å²) < 4.78 is 10.6. The Kier molecular flexibility index (Phi) is 4.66. The van der Waals surface area contributed by atoms with Gasteiger partial charge in [0.25, 0.3) is 0 Å². The van der Waals surface area contributed by atoms with E-state index in [2.05, 4.69) is 13.8 Å². The summed E-state index contributed by atoms with van der Waals surface area (Å²) in [5, 5.41) is -0.622. The molecule has 1 aliphatic carbocycles. The minimum atomic E-state index is -0.622. The zero-order valence-electron chi connectivity index (χ0n) is 13.1. The summed E-state index contributed by atoms with van der Waals surface area (Å²) in [5.41, 5.74) is 1.29. The SMILES string of the molecule is CCCC[C@]1(C)C2=C(C(=O)OC2)[C@H](Cl)[C@@H](OC(C)=O)C1C. The summed E-state index contributed by atoms with van der Waals surface area (Å²) in [4.78, 5) is 23.4. The van der Waals surface area contributed by atoms with E-state index in [0.717, 1.165) is 24.8 Å². The lowest BCUT2D eigenvalue weighted by molar-refractivity contribution is -0.151. The third kappa shape index (κ3) is 2.70. The van der Waals surface area contributed by atoms with E-state index in [1.165, 1.54) is 6.92 Å². The molecule has 2 rings (SSSR count). The van der Waals surface area contributed by atoms with Gasteiger partial charge in [0, 0.05) is 12.8 Å². The second-order valence-corrected chi connectivity index (χ2v) is 6.72. The van der Waals surface area contributed by atoms with Crippen molar-refractivity contribution in [3.05, 3.63) is 11.1 Å². The molecular weight excluding hydrogens is 292 g/mol. The maximum absolute atomic E-state index is 12.0. The van der Waals surface area contributed by atoms with Crippen LogP contribution in [0.15, 0.2) is 11.1 Å². The Hall–Kier alpha value is -1.03. The van der Waals surface area contributed by atoms with Gasteiger partial charge in [-0.2, -0.15) is 0 Å². The van der Waals surface area contributed by atoms with E-state index in [4.69, 9.17) is 21.1 Å². The van der Waals surface area contributed by atoms with Crippen molar-refractivity contribution in [1.29, 1.82) is 0 Å². The average Bonchev–Trinajstić information content (AvgIpc) is 2.82. The van der Waals surface area contributed by atoms with E-state index < -0.39 is 11.5 Å². The molecule has 0 aromatic carbocycles. The number of cyclic esters (lactones) is 1. The molecule has 0 saturated heterocycles. The molecule has 0 fully saturated rings. The van der Waals surface area contributed by atoms with Crippen LogP contribution < -0.4 is 0 Å². The van der Waals surface area contributed by atoms with Crippen molar-refractivity contribution in [2.75, 3.05) is 6.61 Å². The Morgan fingerprint density at radius 1 is 1.52 bits per heavy atom. The van der Waals surface area contributed by atoms with Crippen LogP contribution in [0.3, 0.4) is 0 Å². The minimum Gasteiger partial charge on any atom is -0.460 e. The highest BCUT2D eigenvalue weighted by molar-refractivity contribution is 6.26. The van der Waals surface area contributed by atoms with Gasteiger partial charge in [-0.25, -0.2) is 4.79 Å². The van der Waals surface area contributed by atoms with E-state index in [1.54, 1.807) is 0 Å². The first-order valence-electron chi connectivity index (χ1n) is 7.54. The lowest BCUT2D eigenvalue weighted by atomic mass is 9.62. The van der Waals surface area contributed by atoms with E-state index in [1.807, 2.05) is 6.92 Å². The van der Waals surface area contributed by atoms with E-state index in [0.29, 0.717) is 12.2 Å². The Labute approximate surface area is 130 Å². The van der Waals surface area contributed by atoms with Gasteiger partial charge in [-0.05, 0) is 17.4 Å². The van der Waals surface area contributed by atoms with Crippen LogP contribution in [0.1, 0.15) is 47.0 Å². The summed E-state index contributed by atoms with van der Waals surface area (Å²) in [6, 6.07) is 0. The summed E-state index contributed by atoms with van der Waals surface area (Å²) in [6.07, 6.45) is 2.56. The zero-order chi connectivity index (χ0) is 15.8. The molecule has 2 aliphatic rings. The Balaban J connectivity index is 2.44. The summed E-state index contributed by atoms with van der Waals surface area (Å²) in [5.74, 6) is -0.689. The van der Waals surface area contributed by atoms with Crippen molar-refractivity contribution in [1.82, 2.24) is 0 Å². The third-order valence-electron chi connectivity index (χ3n) is 5.00. The fraction of sp³-hybridized carbons (Fsp3) is 0.750. The normalized spacial score (nSPS) is 35.5. The molecule has 0 amide bonds. The van der Waals surface area contributed by atoms with Gasteiger partial charge in [-0.15, -0.1) is 11.6 Å². The lowest BCUT2D eigenvalue weighted by Gasteiger charge is -2.46. The smallest absolute Gasteiger partial charge is 0.336 e. The van der Waals surface area contributed by atoms with E-state index >= 15 is 0 Å². The Morgan fingerprint density at radius 3 is 2.76 bits per heavy atom. The van der Waals surface area contributed by atoms with Crippen LogP contribution in [0.4, 0.5) is 0 Å². The van der Waals surface area contributed by atoms with Gasteiger partial charge in [0.15, 0.2) is 0 Å².